The zero-order valence-electron chi connectivity index (χ0n) is 13.4. The first kappa shape index (κ1) is 16.2. The van der Waals surface area contributed by atoms with Gasteiger partial charge in [-0.25, -0.2) is 0 Å². The Kier molecular flexibility index (Phi) is 4.62. The number of allylic oxidation sites excluding steroid dienone is 1. The Hall–Kier alpha value is -2.66. The Morgan fingerprint density at radius 1 is 1.25 bits per heavy atom. The van der Waals surface area contributed by atoms with Crippen molar-refractivity contribution in [2.75, 3.05) is 5.32 Å². The third-order valence-electron chi connectivity index (χ3n) is 3.86. The maximum Gasteiger partial charge on any atom is 0.308 e. The highest BCUT2D eigenvalue weighted by Gasteiger charge is 2.10. The van der Waals surface area contributed by atoms with Gasteiger partial charge < -0.3 is 5.32 Å². The van der Waals surface area contributed by atoms with E-state index in [-0.39, 0.29) is 10.8 Å². The van der Waals surface area contributed by atoms with Crippen molar-refractivity contribution in [3.63, 3.8) is 0 Å². The molecule has 0 bridgehead atoms. The quantitative estimate of drug-likeness (QED) is 0.713. The van der Waals surface area contributed by atoms with Crippen LogP contribution in [0.25, 0.3) is 10.2 Å². The fourth-order valence-corrected chi connectivity index (χ4v) is 3.48. The van der Waals surface area contributed by atoms with Crippen molar-refractivity contribution in [1.82, 2.24) is 4.57 Å². The van der Waals surface area contributed by atoms with E-state index in [0.717, 1.165) is 16.6 Å². The number of fused-ring (bicyclic) bond motifs is 1. The van der Waals surface area contributed by atoms with Gasteiger partial charge in [-0.2, -0.15) is 0 Å². The third-order valence-corrected chi connectivity index (χ3v) is 4.80. The van der Waals surface area contributed by atoms with Crippen LogP contribution in [0.5, 0.6) is 0 Å². The van der Waals surface area contributed by atoms with Crippen LogP contribution in [0.3, 0.4) is 0 Å². The van der Waals surface area contributed by atoms with Crippen molar-refractivity contribution in [1.29, 1.82) is 0 Å². The van der Waals surface area contributed by atoms with Crippen molar-refractivity contribution in [2.24, 2.45) is 0 Å². The molecule has 3 rings (SSSR count). The molecule has 2 aromatic carbocycles. The Bertz CT molecular complexity index is 952. The van der Waals surface area contributed by atoms with Crippen LogP contribution in [-0.2, 0) is 13.0 Å². The van der Waals surface area contributed by atoms with Crippen molar-refractivity contribution >= 4 is 33.1 Å². The number of nitrogens with zero attached hydrogens (tertiary/aromatic N) is 1. The molecule has 0 unspecified atom stereocenters. The summed E-state index contributed by atoms with van der Waals surface area (Å²) < 4.78 is 2.52. The predicted octanol–water partition coefficient (Wildman–Crippen LogP) is 4.06. The van der Waals surface area contributed by atoms with Crippen LogP contribution < -0.4 is 10.2 Å². The molecule has 0 spiro atoms. The van der Waals surface area contributed by atoms with Gasteiger partial charge in [0.05, 0.1) is 10.2 Å². The molecule has 0 radical (unpaired) electrons. The summed E-state index contributed by atoms with van der Waals surface area (Å²) in [6.45, 7) is 6.23. The predicted molar refractivity (Wildman–Crippen MR) is 100 cm³/mol. The van der Waals surface area contributed by atoms with Crippen LogP contribution in [0.15, 0.2) is 59.9 Å². The van der Waals surface area contributed by atoms with Crippen LogP contribution >= 0.6 is 11.3 Å². The minimum atomic E-state index is -0.158. The molecule has 0 saturated carbocycles. The topological polar surface area (TPSA) is 51.1 Å². The van der Waals surface area contributed by atoms with Crippen LogP contribution in [0.1, 0.15) is 22.8 Å². The first-order valence-corrected chi connectivity index (χ1v) is 8.58. The van der Waals surface area contributed by atoms with E-state index in [1.54, 1.807) is 10.6 Å². The molecular weight excluding hydrogens is 320 g/mol. The number of carbonyl (C=O) groups excluding carboxylic acids is 1. The number of benzene rings is 2. The average molecular weight is 338 g/mol. The normalized spacial score (nSPS) is 10.7. The lowest BCUT2D eigenvalue weighted by atomic mass is 10.1. The van der Waals surface area contributed by atoms with Crippen LogP contribution in [0, 0.1) is 0 Å². The van der Waals surface area contributed by atoms with E-state index >= 15 is 0 Å². The van der Waals surface area contributed by atoms with E-state index in [0.29, 0.717) is 17.8 Å². The molecule has 1 heterocycles. The summed E-state index contributed by atoms with van der Waals surface area (Å²) in [7, 11) is 0. The van der Waals surface area contributed by atoms with Crippen LogP contribution in [0.2, 0.25) is 0 Å². The summed E-state index contributed by atoms with van der Waals surface area (Å²) in [4.78, 5) is 24.3. The third kappa shape index (κ3) is 3.16. The number of hydrogen-bond donors (Lipinski definition) is 1. The van der Waals surface area contributed by atoms with Gasteiger partial charge in [0.1, 0.15) is 0 Å². The first-order chi connectivity index (χ1) is 11.6. The zero-order chi connectivity index (χ0) is 17.1. The van der Waals surface area contributed by atoms with Crippen molar-refractivity contribution in [3.05, 3.63) is 75.9 Å². The maximum atomic E-state index is 12.3. The van der Waals surface area contributed by atoms with E-state index < -0.39 is 0 Å². The lowest BCUT2D eigenvalue weighted by Gasteiger charge is -2.06. The molecule has 1 aromatic heterocycles. The number of carbonyl (C=O) groups is 1. The molecular formula is C19H18N2O2S. The minimum Gasteiger partial charge on any atom is -0.322 e. The van der Waals surface area contributed by atoms with Crippen LogP contribution in [0.4, 0.5) is 5.69 Å². The highest BCUT2D eigenvalue weighted by atomic mass is 32.1. The number of thiazole rings is 1. The van der Waals surface area contributed by atoms with E-state index in [1.165, 1.54) is 16.9 Å². The molecule has 1 amide bonds. The van der Waals surface area contributed by atoms with Crippen molar-refractivity contribution in [2.45, 2.75) is 19.9 Å². The molecule has 24 heavy (non-hydrogen) atoms. The smallest absolute Gasteiger partial charge is 0.308 e. The number of anilines is 1. The Balaban J connectivity index is 1.85. The molecule has 0 fully saturated rings. The summed E-state index contributed by atoms with van der Waals surface area (Å²) in [5.41, 5.74) is 3.35. The summed E-state index contributed by atoms with van der Waals surface area (Å²) in [6, 6.07) is 13.1. The first-order valence-electron chi connectivity index (χ1n) is 7.77. The Morgan fingerprint density at radius 2 is 2.00 bits per heavy atom. The molecule has 122 valence electrons. The number of amides is 1. The lowest BCUT2D eigenvalue weighted by Crippen LogP contribution is -2.12. The standard InChI is InChI=1S/C19H18N2O2S/c1-3-11-21-16-10-9-15(12-17(16)24-19(21)23)20-18(22)14-7-5-13(4-2)6-8-14/h3,5-10,12H,1,4,11H2,2H3,(H,20,22). The summed E-state index contributed by atoms with van der Waals surface area (Å²) in [5.74, 6) is -0.158. The van der Waals surface area contributed by atoms with Gasteiger partial charge in [-0.05, 0) is 42.3 Å². The minimum absolute atomic E-state index is 0.0245. The molecule has 0 atom stereocenters. The largest absolute Gasteiger partial charge is 0.322 e. The highest BCUT2D eigenvalue weighted by Crippen LogP contribution is 2.22. The zero-order valence-corrected chi connectivity index (χ0v) is 14.2. The van der Waals surface area contributed by atoms with Gasteiger partial charge >= 0.3 is 4.87 Å². The maximum absolute atomic E-state index is 12.3. The van der Waals surface area contributed by atoms with Crippen LogP contribution in [-0.4, -0.2) is 10.5 Å². The van der Waals surface area contributed by atoms with Gasteiger partial charge in [-0.15, -0.1) is 6.58 Å². The Morgan fingerprint density at radius 3 is 2.67 bits per heavy atom. The van der Waals surface area contributed by atoms with Gasteiger partial charge in [0, 0.05) is 17.8 Å². The number of aryl methyl sites for hydroxylation is 1. The van der Waals surface area contributed by atoms with Gasteiger partial charge in [0.25, 0.3) is 5.91 Å². The summed E-state index contributed by atoms with van der Waals surface area (Å²) in [6.07, 6.45) is 2.64. The second-order valence-electron chi connectivity index (χ2n) is 5.45. The molecule has 0 saturated heterocycles. The highest BCUT2D eigenvalue weighted by molar-refractivity contribution is 7.16. The molecule has 0 aliphatic carbocycles. The number of aromatic nitrogens is 1. The van der Waals surface area contributed by atoms with E-state index in [4.69, 9.17) is 0 Å². The van der Waals surface area contributed by atoms with E-state index in [9.17, 15) is 9.59 Å². The molecule has 5 heteroatoms. The second-order valence-corrected chi connectivity index (χ2v) is 6.45. The van der Waals surface area contributed by atoms with Gasteiger partial charge in [0.15, 0.2) is 0 Å². The molecule has 3 aromatic rings. The van der Waals surface area contributed by atoms with Gasteiger partial charge in [0.2, 0.25) is 0 Å². The SMILES string of the molecule is C=CCn1c(=O)sc2cc(NC(=O)c3ccc(CC)cc3)ccc21. The molecule has 4 nitrogen and oxygen atoms in total. The number of hydrogen-bond acceptors (Lipinski definition) is 3. The summed E-state index contributed by atoms with van der Waals surface area (Å²) in [5, 5.41) is 2.88. The number of nitrogens with one attached hydrogen (secondary N) is 1. The average Bonchev–Trinajstić information content (AvgIpc) is 2.90. The second kappa shape index (κ2) is 6.84. The number of rotatable bonds is 5. The van der Waals surface area contributed by atoms with Crippen molar-refractivity contribution in [3.8, 4) is 0 Å². The van der Waals surface area contributed by atoms with E-state index in [1.807, 2.05) is 42.5 Å². The van der Waals surface area contributed by atoms with E-state index in [2.05, 4.69) is 18.8 Å². The Labute approximate surface area is 144 Å². The van der Waals surface area contributed by atoms with Gasteiger partial charge in [-0.3, -0.25) is 14.2 Å². The fraction of sp³-hybridized carbons (Fsp3) is 0.158. The van der Waals surface area contributed by atoms with Crippen molar-refractivity contribution < 1.29 is 4.79 Å². The summed E-state index contributed by atoms with van der Waals surface area (Å²) >= 11 is 1.17. The lowest BCUT2D eigenvalue weighted by molar-refractivity contribution is 0.102. The van der Waals surface area contributed by atoms with Gasteiger partial charge in [-0.1, -0.05) is 36.5 Å². The molecule has 0 aliphatic rings. The fourth-order valence-electron chi connectivity index (χ4n) is 2.54. The molecule has 0 aliphatic heterocycles. The molecule has 1 N–H and O–H groups in total. The monoisotopic (exact) mass is 338 g/mol.